The third-order valence-electron chi connectivity index (χ3n) is 3.01. The summed E-state index contributed by atoms with van der Waals surface area (Å²) in [5.74, 6) is -2.80. The SMILES string of the molecule is Cc1cc(-c2nnnn2C(C)(C)C(=O)O)c(F)cc1F. The van der Waals surface area contributed by atoms with Gasteiger partial charge in [-0.05, 0) is 42.8 Å². The van der Waals surface area contributed by atoms with Crippen LogP contribution in [-0.4, -0.2) is 31.3 Å². The molecule has 6 nitrogen and oxygen atoms in total. The molecule has 0 aliphatic heterocycles. The maximum absolute atomic E-state index is 13.9. The number of hydrogen-bond donors (Lipinski definition) is 1. The molecule has 1 aromatic carbocycles. The molecular formula is C12H12F2N4O2. The molecule has 2 rings (SSSR count). The molecule has 0 fully saturated rings. The average molecular weight is 282 g/mol. The predicted molar refractivity (Wildman–Crippen MR) is 64.9 cm³/mol. The van der Waals surface area contributed by atoms with Crippen molar-refractivity contribution in [3.05, 3.63) is 29.3 Å². The number of carbonyl (C=O) groups is 1. The molecule has 1 heterocycles. The van der Waals surface area contributed by atoms with Crippen LogP contribution in [0.25, 0.3) is 11.4 Å². The normalized spacial score (nSPS) is 11.7. The van der Waals surface area contributed by atoms with E-state index in [1.165, 1.54) is 26.8 Å². The van der Waals surface area contributed by atoms with Crippen LogP contribution in [-0.2, 0) is 10.3 Å². The molecule has 2 aromatic rings. The summed E-state index contributed by atoms with van der Waals surface area (Å²) in [6.45, 7) is 4.22. The summed E-state index contributed by atoms with van der Waals surface area (Å²) in [5.41, 5.74) is -1.31. The summed E-state index contributed by atoms with van der Waals surface area (Å²) >= 11 is 0. The van der Waals surface area contributed by atoms with Gasteiger partial charge in [0.05, 0.1) is 5.56 Å². The van der Waals surface area contributed by atoms with Gasteiger partial charge in [0.1, 0.15) is 11.6 Å². The molecule has 20 heavy (non-hydrogen) atoms. The zero-order valence-corrected chi connectivity index (χ0v) is 11.1. The van der Waals surface area contributed by atoms with Gasteiger partial charge in [-0.15, -0.1) is 5.10 Å². The third-order valence-corrected chi connectivity index (χ3v) is 3.01. The Morgan fingerprint density at radius 2 is 1.95 bits per heavy atom. The minimum Gasteiger partial charge on any atom is -0.479 e. The Morgan fingerprint density at radius 1 is 1.30 bits per heavy atom. The van der Waals surface area contributed by atoms with Crippen molar-refractivity contribution in [1.29, 1.82) is 0 Å². The van der Waals surface area contributed by atoms with Crippen LogP contribution >= 0.6 is 0 Å². The highest BCUT2D eigenvalue weighted by Gasteiger charge is 2.34. The molecule has 0 spiro atoms. The molecule has 0 unspecified atom stereocenters. The van der Waals surface area contributed by atoms with Crippen molar-refractivity contribution in [2.24, 2.45) is 0 Å². The summed E-state index contributed by atoms with van der Waals surface area (Å²) in [4.78, 5) is 11.2. The largest absolute Gasteiger partial charge is 0.479 e. The van der Waals surface area contributed by atoms with E-state index in [2.05, 4.69) is 15.5 Å². The first-order valence-corrected chi connectivity index (χ1v) is 5.73. The summed E-state index contributed by atoms with van der Waals surface area (Å²) in [5, 5.41) is 19.8. The quantitative estimate of drug-likeness (QED) is 0.927. The molecule has 1 N–H and O–H groups in total. The number of carboxylic acids is 1. The number of tetrazole rings is 1. The van der Waals surface area contributed by atoms with Crippen molar-refractivity contribution in [3.8, 4) is 11.4 Å². The van der Waals surface area contributed by atoms with Gasteiger partial charge >= 0.3 is 5.97 Å². The van der Waals surface area contributed by atoms with Crippen LogP contribution < -0.4 is 0 Å². The highest BCUT2D eigenvalue weighted by Crippen LogP contribution is 2.27. The number of aliphatic carboxylic acids is 1. The second-order valence-corrected chi connectivity index (χ2v) is 4.86. The molecule has 0 radical (unpaired) electrons. The Morgan fingerprint density at radius 3 is 2.55 bits per heavy atom. The van der Waals surface area contributed by atoms with Crippen LogP contribution in [0, 0.1) is 18.6 Å². The average Bonchev–Trinajstić information content (AvgIpc) is 2.83. The number of benzene rings is 1. The van der Waals surface area contributed by atoms with Gasteiger partial charge in [-0.2, -0.15) is 0 Å². The van der Waals surface area contributed by atoms with Crippen LogP contribution in [0.4, 0.5) is 8.78 Å². The number of rotatable bonds is 3. The molecule has 0 atom stereocenters. The molecule has 8 heteroatoms. The van der Waals surface area contributed by atoms with Crippen molar-refractivity contribution in [2.75, 3.05) is 0 Å². The Labute approximate surface area is 113 Å². The highest BCUT2D eigenvalue weighted by atomic mass is 19.1. The summed E-state index contributed by atoms with van der Waals surface area (Å²) in [7, 11) is 0. The van der Waals surface area contributed by atoms with Gasteiger partial charge < -0.3 is 5.11 Å². The van der Waals surface area contributed by atoms with Crippen LogP contribution in [0.5, 0.6) is 0 Å². The van der Waals surface area contributed by atoms with E-state index >= 15 is 0 Å². The van der Waals surface area contributed by atoms with Gasteiger partial charge in [0.15, 0.2) is 11.4 Å². The fourth-order valence-electron chi connectivity index (χ4n) is 1.65. The smallest absolute Gasteiger partial charge is 0.331 e. The molecule has 0 amide bonds. The zero-order valence-electron chi connectivity index (χ0n) is 11.1. The lowest BCUT2D eigenvalue weighted by atomic mass is 10.0. The summed E-state index contributed by atoms with van der Waals surface area (Å²) in [6, 6.07) is 1.96. The van der Waals surface area contributed by atoms with Crippen LogP contribution in [0.15, 0.2) is 12.1 Å². The lowest BCUT2D eigenvalue weighted by Gasteiger charge is -2.20. The van der Waals surface area contributed by atoms with E-state index in [0.717, 1.165) is 10.7 Å². The summed E-state index contributed by atoms with van der Waals surface area (Å²) in [6.07, 6.45) is 0. The van der Waals surface area contributed by atoms with E-state index in [-0.39, 0.29) is 17.0 Å². The van der Waals surface area contributed by atoms with Gasteiger partial charge in [0, 0.05) is 6.07 Å². The minimum absolute atomic E-state index is 0.0526. The number of halogens is 2. The van der Waals surface area contributed by atoms with E-state index in [1.54, 1.807) is 0 Å². The lowest BCUT2D eigenvalue weighted by Crippen LogP contribution is -2.37. The molecule has 0 aliphatic rings. The van der Waals surface area contributed by atoms with Gasteiger partial charge in [-0.3, -0.25) is 0 Å². The van der Waals surface area contributed by atoms with E-state index in [4.69, 9.17) is 0 Å². The van der Waals surface area contributed by atoms with E-state index in [9.17, 15) is 18.7 Å². The van der Waals surface area contributed by atoms with Gasteiger partial charge in [0.2, 0.25) is 0 Å². The van der Waals surface area contributed by atoms with Crippen LogP contribution in [0.1, 0.15) is 19.4 Å². The number of aryl methyl sites for hydroxylation is 1. The van der Waals surface area contributed by atoms with E-state index < -0.39 is 23.1 Å². The predicted octanol–water partition coefficient (Wildman–Crippen LogP) is 1.75. The Hall–Kier alpha value is -2.38. The molecule has 0 saturated heterocycles. The Bertz CT molecular complexity index is 682. The van der Waals surface area contributed by atoms with Crippen molar-refractivity contribution in [1.82, 2.24) is 20.2 Å². The third kappa shape index (κ3) is 2.13. The number of nitrogens with zero attached hydrogens (tertiary/aromatic N) is 4. The zero-order chi connectivity index (χ0) is 15.1. The Balaban J connectivity index is 2.65. The number of aromatic nitrogens is 4. The van der Waals surface area contributed by atoms with E-state index in [0.29, 0.717) is 0 Å². The monoisotopic (exact) mass is 282 g/mol. The fraction of sp³-hybridized carbons (Fsp3) is 0.333. The van der Waals surface area contributed by atoms with Crippen molar-refractivity contribution in [3.63, 3.8) is 0 Å². The topological polar surface area (TPSA) is 80.9 Å². The molecular weight excluding hydrogens is 270 g/mol. The molecule has 0 bridgehead atoms. The summed E-state index contributed by atoms with van der Waals surface area (Å²) < 4.78 is 28.1. The second kappa shape index (κ2) is 4.62. The first-order valence-electron chi connectivity index (χ1n) is 5.73. The van der Waals surface area contributed by atoms with Gasteiger partial charge in [0.25, 0.3) is 0 Å². The molecule has 0 saturated carbocycles. The molecule has 106 valence electrons. The van der Waals surface area contributed by atoms with Gasteiger partial charge in [-0.1, -0.05) is 0 Å². The first kappa shape index (κ1) is 14.0. The van der Waals surface area contributed by atoms with Crippen molar-refractivity contribution < 1.29 is 18.7 Å². The maximum Gasteiger partial charge on any atom is 0.331 e. The van der Waals surface area contributed by atoms with Crippen molar-refractivity contribution >= 4 is 5.97 Å². The lowest BCUT2D eigenvalue weighted by molar-refractivity contribution is -0.146. The number of carboxylic acid groups (broad SMARTS) is 1. The molecule has 0 aliphatic carbocycles. The van der Waals surface area contributed by atoms with Crippen LogP contribution in [0.3, 0.4) is 0 Å². The van der Waals surface area contributed by atoms with E-state index in [1.807, 2.05) is 0 Å². The minimum atomic E-state index is -1.46. The number of hydrogen-bond acceptors (Lipinski definition) is 4. The Kier molecular flexibility index (Phi) is 3.24. The maximum atomic E-state index is 13.9. The first-order chi connectivity index (χ1) is 9.25. The van der Waals surface area contributed by atoms with Gasteiger partial charge in [-0.25, -0.2) is 18.3 Å². The highest BCUT2D eigenvalue weighted by molar-refractivity contribution is 5.76. The second-order valence-electron chi connectivity index (χ2n) is 4.86. The standard InChI is InChI=1S/C12H12F2N4O2/c1-6-4-7(9(14)5-8(6)13)10-15-16-17-18(10)12(2,3)11(19)20/h4-5H,1-3H3,(H,19,20). The van der Waals surface area contributed by atoms with Crippen molar-refractivity contribution in [2.45, 2.75) is 26.3 Å². The molecule has 1 aromatic heterocycles. The van der Waals surface area contributed by atoms with Crippen LogP contribution in [0.2, 0.25) is 0 Å². The fourth-order valence-corrected chi connectivity index (χ4v) is 1.65.